The van der Waals surface area contributed by atoms with Gasteiger partial charge in [0, 0.05) is 33.4 Å². The van der Waals surface area contributed by atoms with E-state index < -0.39 is 0 Å². The molecular formula is C12H26IN3O. The summed E-state index contributed by atoms with van der Waals surface area (Å²) in [6, 6.07) is 0. The second-order valence-corrected chi connectivity index (χ2v) is 3.39. The summed E-state index contributed by atoms with van der Waals surface area (Å²) in [5.41, 5.74) is 0. The molecule has 0 rings (SSSR count). The van der Waals surface area contributed by atoms with Crippen LogP contribution in [-0.4, -0.2) is 39.3 Å². The largest absolute Gasteiger partial charge is 0.385 e. The molecule has 0 bridgehead atoms. The van der Waals surface area contributed by atoms with Crippen LogP contribution in [-0.2, 0) is 4.74 Å². The Hall–Kier alpha value is -0.300. The summed E-state index contributed by atoms with van der Waals surface area (Å²) in [7, 11) is 1.71. The van der Waals surface area contributed by atoms with Crippen molar-refractivity contribution in [1.29, 1.82) is 0 Å². The van der Waals surface area contributed by atoms with E-state index in [1.807, 2.05) is 6.92 Å². The lowest BCUT2D eigenvalue weighted by atomic mass is 10.4. The highest BCUT2D eigenvalue weighted by atomic mass is 127. The average Bonchev–Trinajstić information content (AvgIpc) is 2.30. The molecular weight excluding hydrogens is 329 g/mol. The molecule has 0 fully saturated rings. The molecule has 0 aliphatic rings. The SMILES string of the molecule is CC=CCCNC(=NCCCOC)NCC.I. The minimum absolute atomic E-state index is 0. The lowest BCUT2D eigenvalue weighted by Gasteiger charge is -2.10. The molecule has 0 saturated carbocycles. The lowest BCUT2D eigenvalue weighted by molar-refractivity contribution is 0.197. The van der Waals surface area contributed by atoms with Crippen molar-refractivity contribution in [2.24, 2.45) is 4.99 Å². The van der Waals surface area contributed by atoms with Crippen molar-refractivity contribution in [3.8, 4) is 0 Å². The third kappa shape index (κ3) is 13.6. The zero-order valence-electron chi connectivity index (χ0n) is 11.2. The number of nitrogens with zero attached hydrogens (tertiary/aromatic N) is 1. The van der Waals surface area contributed by atoms with Crippen LogP contribution in [0.4, 0.5) is 0 Å². The van der Waals surface area contributed by atoms with Crippen LogP contribution in [0.5, 0.6) is 0 Å². The predicted octanol–water partition coefficient (Wildman–Crippen LogP) is 2.16. The number of ether oxygens (including phenoxy) is 1. The molecule has 0 aliphatic carbocycles. The van der Waals surface area contributed by atoms with Crippen molar-refractivity contribution in [2.45, 2.75) is 26.7 Å². The monoisotopic (exact) mass is 355 g/mol. The lowest BCUT2D eigenvalue weighted by Crippen LogP contribution is -2.37. The van der Waals surface area contributed by atoms with Gasteiger partial charge in [0.15, 0.2) is 5.96 Å². The second kappa shape index (κ2) is 15.7. The first-order valence-electron chi connectivity index (χ1n) is 5.97. The van der Waals surface area contributed by atoms with Gasteiger partial charge in [-0.25, -0.2) is 0 Å². The van der Waals surface area contributed by atoms with Crippen molar-refractivity contribution in [3.05, 3.63) is 12.2 Å². The number of nitrogens with one attached hydrogen (secondary N) is 2. The van der Waals surface area contributed by atoms with Crippen LogP contribution in [0.25, 0.3) is 0 Å². The molecule has 4 nitrogen and oxygen atoms in total. The summed E-state index contributed by atoms with van der Waals surface area (Å²) in [6.07, 6.45) is 6.19. The van der Waals surface area contributed by atoms with Crippen molar-refractivity contribution < 1.29 is 4.74 Å². The maximum absolute atomic E-state index is 4.98. The fourth-order valence-corrected chi connectivity index (χ4v) is 1.18. The maximum atomic E-state index is 4.98. The Morgan fingerprint density at radius 3 is 2.71 bits per heavy atom. The van der Waals surface area contributed by atoms with Gasteiger partial charge in [-0.2, -0.15) is 0 Å². The Balaban J connectivity index is 0. The summed E-state index contributed by atoms with van der Waals surface area (Å²) >= 11 is 0. The Kier molecular flexibility index (Phi) is 17.6. The molecule has 0 saturated heterocycles. The summed E-state index contributed by atoms with van der Waals surface area (Å²) in [6.45, 7) is 7.47. The Morgan fingerprint density at radius 1 is 1.35 bits per heavy atom. The number of guanidine groups is 1. The van der Waals surface area contributed by atoms with Gasteiger partial charge in [-0.15, -0.1) is 24.0 Å². The minimum Gasteiger partial charge on any atom is -0.385 e. The molecule has 2 N–H and O–H groups in total. The molecule has 0 spiro atoms. The van der Waals surface area contributed by atoms with E-state index in [1.54, 1.807) is 7.11 Å². The maximum Gasteiger partial charge on any atom is 0.191 e. The smallest absolute Gasteiger partial charge is 0.191 e. The molecule has 102 valence electrons. The standard InChI is InChI=1S/C12H25N3O.HI/c1-4-6-7-9-14-12(13-5-2)15-10-8-11-16-3;/h4,6H,5,7-11H2,1-3H3,(H2,13,14,15);1H. The van der Waals surface area contributed by atoms with Crippen LogP contribution < -0.4 is 10.6 Å². The first kappa shape index (κ1) is 19.0. The van der Waals surface area contributed by atoms with Gasteiger partial charge in [0.2, 0.25) is 0 Å². The highest BCUT2D eigenvalue weighted by Crippen LogP contribution is 1.84. The topological polar surface area (TPSA) is 45.7 Å². The van der Waals surface area contributed by atoms with Crippen molar-refractivity contribution in [2.75, 3.05) is 33.4 Å². The molecule has 0 amide bonds. The first-order chi connectivity index (χ1) is 7.85. The summed E-state index contributed by atoms with van der Waals surface area (Å²) in [4.78, 5) is 4.44. The fourth-order valence-electron chi connectivity index (χ4n) is 1.18. The normalized spacial score (nSPS) is 11.4. The molecule has 0 heterocycles. The van der Waals surface area contributed by atoms with E-state index >= 15 is 0 Å². The van der Waals surface area contributed by atoms with E-state index in [1.165, 1.54) is 0 Å². The number of methoxy groups -OCH3 is 1. The first-order valence-corrected chi connectivity index (χ1v) is 5.97. The van der Waals surface area contributed by atoms with Crippen molar-refractivity contribution in [3.63, 3.8) is 0 Å². The minimum atomic E-state index is 0. The number of allylic oxidation sites excluding steroid dienone is 1. The van der Waals surface area contributed by atoms with E-state index in [0.717, 1.165) is 45.0 Å². The molecule has 0 radical (unpaired) electrons. The van der Waals surface area contributed by atoms with Gasteiger partial charge in [-0.05, 0) is 26.7 Å². The van der Waals surface area contributed by atoms with Gasteiger partial charge in [-0.1, -0.05) is 12.2 Å². The summed E-state index contributed by atoms with van der Waals surface area (Å²) in [5, 5.41) is 6.49. The molecule has 5 heteroatoms. The number of halogens is 1. The van der Waals surface area contributed by atoms with Crippen LogP contribution in [0.1, 0.15) is 26.7 Å². The molecule has 0 aromatic heterocycles. The third-order valence-electron chi connectivity index (χ3n) is 1.96. The van der Waals surface area contributed by atoms with E-state index in [9.17, 15) is 0 Å². The number of rotatable bonds is 8. The van der Waals surface area contributed by atoms with E-state index in [2.05, 4.69) is 34.7 Å². The van der Waals surface area contributed by atoms with Crippen LogP contribution >= 0.6 is 24.0 Å². The molecule has 17 heavy (non-hydrogen) atoms. The van der Waals surface area contributed by atoms with Gasteiger partial charge < -0.3 is 15.4 Å². The average molecular weight is 355 g/mol. The van der Waals surface area contributed by atoms with E-state index in [0.29, 0.717) is 0 Å². The quantitative estimate of drug-likeness (QED) is 0.231. The summed E-state index contributed by atoms with van der Waals surface area (Å²) in [5.74, 6) is 0.892. The highest BCUT2D eigenvalue weighted by Gasteiger charge is 1.94. The Labute approximate surface area is 122 Å². The number of aliphatic imine (C=N–C) groups is 1. The van der Waals surface area contributed by atoms with Gasteiger partial charge in [0.1, 0.15) is 0 Å². The molecule has 0 aromatic rings. The molecule has 0 aromatic carbocycles. The predicted molar refractivity (Wildman–Crippen MR) is 85.3 cm³/mol. The molecule has 0 aliphatic heterocycles. The fraction of sp³-hybridized carbons (Fsp3) is 0.750. The zero-order chi connectivity index (χ0) is 12.1. The van der Waals surface area contributed by atoms with Gasteiger partial charge in [-0.3, -0.25) is 4.99 Å². The van der Waals surface area contributed by atoms with Crippen LogP contribution in [0.2, 0.25) is 0 Å². The van der Waals surface area contributed by atoms with Gasteiger partial charge >= 0.3 is 0 Å². The summed E-state index contributed by atoms with van der Waals surface area (Å²) < 4.78 is 4.98. The highest BCUT2D eigenvalue weighted by molar-refractivity contribution is 14.0. The van der Waals surface area contributed by atoms with Crippen LogP contribution in [0.15, 0.2) is 17.1 Å². The Bertz CT molecular complexity index is 208. The van der Waals surface area contributed by atoms with Crippen LogP contribution in [0.3, 0.4) is 0 Å². The Morgan fingerprint density at radius 2 is 2.12 bits per heavy atom. The zero-order valence-corrected chi connectivity index (χ0v) is 13.5. The molecule has 0 unspecified atom stereocenters. The third-order valence-corrected chi connectivity index (χ3v) is 1.96. The number of hydrogen-bond acceptors (Lipinski definition) is 2. The van der Waals surface area contributed by atoms with Crippen molar-refractivity contribution >= 4 is 29.9 Å². The van der Waals surface area contributed by atoms with E-state index in [-0.39, 0.29) is 24.0 Å². The van der Waals surface area contributed by atoms with Gasteiger partial charge in [0.05, 0.1) is 0 Å². The second-order valence-electron chi connectivity index (χ2n) is 3.39. The van der Waals surface area contributed by atoms with E-state index in [4.69, 9.17) is 4.74 Å². The molecule has 0 atom stereocenters. The van der Waals surface area contributed by atoms with Gasteiger partial charge in [0.25, 0.3) is 0 Å². The number of hydrogen-bond donors (Lipinski definition) is 2. The van der Waals surface area contributed by atoms with Crippen LogP contribution in [0, 0.1) is 0 Å². The van der Waals surface area contributed by atoms with Crippen molar-refractivity contribution in [1.82, 2.24) is 10.6 Å².